The first kappa shape index (κ1) is 13.1. The molecule has 0 aromatic heterocycles. The normalized spacial score (nSPS) is 10.4. The van der Waals surface area contributed by atoms with Gasteiger partial charge in [-0.3, -0.25) is 4.55 Å². The second-order valence-corrected chi connectivity index (χ2v) is 3.81. The third-order valence-corrected chi connectivity index (χ3v) is 2.28. The van der Waals surface area contributed by atoms with Gasteiger partial charge in [-0.2, -0.15) is 8.42 Å². The summed E-state index contributed by atoms with van der Waals surface area (Å²) >= 11 is 0. The molecule has 0 heterocycles. The highest BCUT2D eigenvalue weighted by Crippen LogP contribution is 2.13. The van der Waals surface area contributed by atoms with Crippen molar-refractivity contribution in [3.05, 3.63) is 29.6 Å². The molecule has 3 nitrogen and oxygen atoms in total. The highest BCUT2D eigenvalue weighted by molar-refractivity contribution is 7.85. The van der Waals surface area contributed by atoms with E-state index in [1.54, 1.807) is 0 Å². The molecule has 0 fully saturated rings. The quantitative estimate of drug-likeness (QED) is 0.739. The van der Waals surface area contributed by atoms with Gasteiger partial charge >= 0.3 is 0 Å². The Morgan fingerprint density at radius 2 is 1.79 bits per heavy atom. The fourth-order valence-electron chi connectivity index (χ4n) is 0.778. The molecule has 0 unspecified atom stereocenters. The van der Waals surface area contributed by atoms with Crippen LogP contribution in [0, 0.1) is 12.7 Å². The minimum atomic E-state index is -4.21. The molecule has 0 saturated heterocycles. The monoisotopic (exact) mass is 220 g/mol. The van der Waals surface area contributed by atoms with Crippen molar-refractivity contribution in [2.45, 2.75) is 25.7 Å². The van der Waals surface area contributed by atoms with E-state index >= 15 is 0 Å². The Hall–Kier alpha value is -0.940. The SMILES string of the molecule is CC.Cc1cc(S(=O)(=O)O)ccc1F. The van der Waals surface area contributed by atoms with Gasteiger partial charge in [0.1, 0.15) is 5.82 Å². The molecule has 0 saturated carbocycles. The van der Waals surface area contributed by atoms with Gasteiger partial charge in [0.2, 0.25) is 0 Å². The fraction of sp³-hybridized carbons (Fsp3) is 0.333. The minimum Gasteiger partial charge on any atom is -0.282 e. The molecule has 14 heavy (non-hydrogen) atoms. The van der Waals surface area contributed by atoms with Crippen molar-refractivity contribution in [3.63, 3.8) is 0 Å². The topological polar surface area (TPSA) is 54.4 Å². The van der Waals surface area contributed by atoms with Crippen molar-refractivity contribution in [2.24, 2.45) is 0 Å². The van der Waals surface area contributed by atoms with Gasteiger partial charge in [-0.25, -0.2) is 4.39 Å². The van der Waals surface area contributed by atoms with Gasteiger partial charge in [0.05, 0.1) is 4.90 Å². The molecule has 0 spiro atoms. The molecule has 80 valence electrons. The zero-order valence-electron chi connectivity index (χ0n) is 8.28. The molecule has 0 amide bonds. The van der Waals surface area contributed by atoms with Gasteiger partial charge in [-0.05, 0) is 30.7 Å². The summed E-state index contributed by atoms with van der Waals surface area (Å²) in [6.45, 7) is 5.42. The van der Waals surface area contributed by atoms with E-state index in [1.165, 1.54) is 6.92 Å². The summed E-state index contributed by atoms with van der Waals surface area (Å²) in [4.78, 5) is -0.290. The molecule has 0 aliphatic heterocycles. The molecule has 1 rings (SSSR count). The lowest BCUT2D eigenvalue weighted by Crippen LogP contribution is -1.98. The molecular weight excluding hydrogens is 207 g/mol. The van der Waals surface area contributed by atoms with Crippen LogP contribution < -0.4 is 0 Å². The molecule has 5 heteroatoms. The van der Waals surface area contributed by atoms with E-state index in [2.05, 4.69) is 0 Å². The summed E-state index contributed by atoms with van der Waals surface area (Å²) in [7, 11) is -4.21. The smallest absolute Gasteiger partial charge is 0.282 e. The van der Waals surface area contributed by atoms with Crippen molar-refractivity contribution >= 4 is 10.1 Å². The summed E-state index contributed by atoms with van der Waals surface area (Å²) in [5, 5.41) is 0. The first-order valence-electron chi connectivity index (χ1n) is 4.15. The molecule has 0 radical (unpaired) electrons. The Labute approximate surface area is 83.3 Å². The van der Waals surface area contributed by atoms with E-state index in [-0.39, 0.29) is 10.5 Å². The maximum Gasteiger partial charge on any atom is 0.294 e. The molecule has 1 N–H and O–H groups in total. The second-order valence-electron chi connectivity index (χ2n) is 2.39. The van der Waals surface area contributed by atoms with Crippen LogP contribution >= 0.6 is 0 Å². The third-order valence-electron chi connectivity index (χ3n) is 1.43. The lowest BCUT2D eigenvalue weighted by atomic mass is 10.2. The van der Waals surface area contributed by atoms with E-state index in [1.807, 2.05) is 13.8 Å². The summed E-state index contributed by atoms with van der Waals surface area (Å²) in [5.74, 6) is -0.498. The first-order valence-corrected chi connectivity index (χ1v) is 5.59. The largest absolute Gasteiger partial charge is 0.294 e. The summed E-state index contributed by atoms with van der Waals surface area (Å²) in [6, 6.07) is 3.08. The van der Waals surface area contributed by atoms with Crippen molar-refractivity contribution in [1.82, 2.24) is 0 Å². The highest BCUT2D eigenvalue weighted by atomic mass is 32.2. The Balaban J connectivity index is 0.000000791. The van der Waals surface area contributed by atoms with E-state index in [4.69, 9.17) is 4.55 Å². The van der Waals surface area contributed by atoms with Crippen molar-refractivity contribution in [3.8, 4) is 0 Å². The van der Waals surface area contributed by atoms with Crippen LogP contribution in [0.5, 0.6) is 0 Å². The van der Waals surface area contributed by atoms with E-state index in [0.29, 0.717) is 0 Å². The Morgan fingerprint density at radius 1 is 1.29 bits per heavy atom. The molecule has 0 aliphatic rings. The van der Waals surface area contributed by atoms with Crippen molar-refractivity contribution in [2.75, 3.05) is 0 Å². The molecular formula is C9H13FO3S. The van der Waals surface area contributed by atoms with E-state index < -0.39 is 15.9 Å². The lowest BCUT2D eigenvalue weighted by molar-refractivity contribution is 0.482. The van der Waals surface area contributed by atoms with Gasteiger partial charge in [-0.15, -0.1) is 0 Å². The zero-order valence-corrected chi connectivity index (χ0v) is 9.10. The number of halogens is 1. The Morgan fingerprint density at radius 3 is 2.14 bits per heavy atom. The van der Waals surface area contributed by atoms with Crippen molar-refractivity contribution < 1.29 is 17.4 Å². The highest BCUT2D eigenvalue weighted by Gasteiger charge is 2.10. The summed E-state index contributed by atoms with van der Waals surface area (Å²) < 4.78 is 42.2. The number of aryl methyl sites for hydroxylation is 1. The molecule has 0 aliphatic carbocycles. The predicted molar refractivity (Wildman–Crippen MR) is 52.3 cm³/mol. The Bertz CT molecular complexity index is 399. The zero-order chi connectivity index (χ0) is 11.4. The predicted octanol–water partition coefficient (Wildman–Crippen LogP) is 2.41. The first-order chi connectivity index (χ1) is 6.41. The van der Waals surface area contributed by atoms with Crippen LogP contribution in [0.1, 0.15) is 19.4 Å². The van der Waals surface area contributed by atoms with Crippen LogP contribution in [0.2, 0.25) is 0 Å². The third kappa shape index (κ3) is 3.43. The maximum absolute atomic E-state index is 12.6. The van der Waals surface area contributed by atoms with Gasteiger partial charge in [0.15, 0.2) is 0 Å². The van der Waals surface area contributed by atoms with E-state index in [9.17, 15) is 12.8 Å². The van der Waals surface area contributed by atoms with Gasteiger partial charge in [0.25, 0.3) is 10.1 Å². The van der Waals surface area contributed by atoms with Crippen LogP contribution in [0.25, 0.3) is 0 Å². The van der Waals surface area contributed by atoms with Crippen LogP contribution in [0.3, 0.4) is 0 Å². The molecule has 0 bridgehead atoms. The van der Waals surface area contributed by atoms with Gasteiger partial charge in [0, 0.05) is 0 Å². The molecule has 1 aromatic rings. The number of rotatable bonds is 1. The molecule has 0 atom stereocenters. The average Bonchev–Trinajstić information content (AvgIpc) is 2.11. The summed E-state index contributed by atoms with van der Waals surface area (Å²) in [5.41, 5.74) is 0.185. The minimum absolute atomic E-state index is 0.185. The van der Waals surface area contributed by atoms with Crippen LogP contribution in [0.4, 0.5) is 4.39 Å². The van der Waals surface area contributed by atoms with Crippen LogP contribution in [-0.2, 0) is 10.1 Å². The number of benzene rings is 1. The van der Waals surface area contributed by atoms with E-state index in [0.717, 1.165) is 18.2 Å². The van der Waals surface area contributed by atoms with Crippen LogP contribution in [-0.4, -0.2) is 13.0 Å². The fourth-order valence-corrected chi connectivity index (χ4v) is 1.34. The lowest BCUT2D eigenvalue weighted by Gasteiger charge is -1.98. The van der Waals surface area contributed by atoms with Gasteiger partial charge in [-0.1, -0.05) is 13.8 Å². The molecule has 1 aromatic carbocycles. The standard InChI is InChI=1S/C7H7FO3S.C2H6/c1-5-4-6(12(9,10)11)2-3-7(5)8;1-2/h2-4H,1H3,(H,9,10,11);1-2H3. The summed E-state index contributed by atoms with van der Waals surface area (Å²) in [6.07, 6.45) is 0. The van der Waals surface area contributed by atoms with Gasteiger partial charge < -0.3 is 0 Å². The number of hydrogen-bond acceptors (Lipinski definition) is 2. The maximum atomic E-state index is 12.6. The number of hydrogen-bond donors (Lipinski definition) is 1. The van der Waals surface area contributed by atoms with Crippen molar-refractivity contribution in [1.29, 1.82) is 0 Å². The average molecular weight is 220 g/mol. The Kier molecular flexibility index (Phi) is 4.73. The second kappa shape index (κ2) is 5.07. The van der Waals surface area contributed by atoms with Crippen LogP contribution in [0.15, 0.2) is 23.1 Å².